The van der Waals surface area contributed by atoms with E-state index in [-0.39, 0.29) is 40.8 Å². The van der Waals surface area contributed by atoms with Crippen LogP contribution in [0.5, 0.6) is 5.75 Å². The zero-order valence-corrected chi connectivity index (χ0v) is 16.0. The van der Waals surface area contributed by atoms with Crippen molar-refractivity contribution in [1.29, 1.82) is 0 Å². The van der Waals surface area contributed by atoms with Gasteiger partial charge >= 0.3 is 5.97 Å². The normalized spacial score (nSPS) is 22.3. The van der Waals surface area contributed by atoms with Gasteiger partial charge in [-0.15, -0.1) is 0 Å². The van der Waals surface area contributed by atoms with E-state index >= 15 is 0 Å². The Morgan fingerprint density at radius 3 is 2.48 bits per heavy atom. The van der Waals surface area contributed by atoms with Crippen LogP contribution in [0, 0.1) is 0 Å². The molecule has 1 saturated heterocycles. The lowest BCUT2D eigenvalue weighted by Gasteiger charge is -2.38. The second kappa shape index (κ2) is 8.29. The van der Waals surface area contributed by atoms with E-state index < -0.39 is 22.4 Å². The third kappa shape index (κ3) is 5.00. The van der Waals surface area contributed by atoms with Crippen molar-refractivity contribution in [2.24, 2.45) is 0 Å². The van der Waals surface area contributed by atoms with Gasteiger partial charge in [0.1, 0.15) is 5.75 Å². The molecule has 148 valence electrons. The summed E-state index contributed by atoms with van der Waals surface area (Å²) in [5, 5.41) is 9.45. The number of phenolic OH excluding ortho intramolecular Hbond substituents is 1. The number of rotatable bonds is 5. The summed E-state index contributed by atoms with van der Waals surface area (Å²) in [5.74, 6) is -1.03. The highest BCUT2D eigenvalue weighted by atomic mass is 32.2. The molecule has 2 aliphatic rings. The van der Waals surface area contributed by atoms with Crippen LogP contribution in [-0.2, 0) is 19.4 Å². The number of sulfone groups is 1. The molecular weight excluding hydrogens is 370 g/mol. The van der Waals surface area contributed by atoms with Gasteiger partial charge in [0, 0.05) is 12.1 Å². The van der Waals surface area contributed by atoms with Crippen LogP contribution < -0.4 is 0 Å². The van der Waals surface area contributed by atoms with Crippen LogP contribution in [0.1, 0.15) is 48.9 Å². The molecule has 1 aliphatic heterocycles. The summed E-state index contributed by atoms with van der Waals surface area (Å²) in [4.78, 5) is 26.6. The number of carbonyl (C=O) groups excluding carboxylic acids is 2. The Morgan fingerprint density at radius 2 is 1.85 bits per heavy atom. The Bertz CT molecular complexity index is 800. The van der Waals surface area contributed by atoms with Crippen LogP contribution in [0.25, 0.3) is 0 Å². The van der Waals surface area contributed by atoms with Crippen molar-refractivity contribution in [3.05, 3.63) is 29.8 Å². The number of benzene rings is 1. The van der Waals surface area contributed by atoms with Gasteiger partial charge in [-0.05, 0) is 37.5 Å². The first kappa shape index (κ1) is 19.7. The second-order valence-electron chi connectivity index (χ2n) is 7.28. The fourth-order valence-electron chi connectivity index (χ4n) is 3.98. The van der Waals surface area contributed by atoms with Crippen LogP contribution in [0.2, 0.25) is 0 Å². The lowest BCUT2D eigenvalue weighted by molar-refractivity contribution is -0.140. The fraction of sp³-hybridized carbons (Fsp3) is 0.579. The molecule has 2 fully saturated rings. The van der Waals surface area contributed by atoms with Gasteiger partial charge in [0.15, 0.2) is 16.4 Å². The molecular formula is C19H25NO6S. The van der Waals surface area contributed by atoms with E-state index in [0.29, 0.717) is 6.42 Å². The van der Waals surface area contributed by atoms with Crippen LogP contribution in [-0.4, -0.2) is 60.5 Å². The smallest absolute Gasteiger partial charge is 0.338 e. The minimum absolute atomic E-state index is 0.00372. The average molecular weight is 395 g/mol. The summed E-state index contributed by atoms with van der Waals surface area (Å²) in [6.45, 7) is -0.429. The predicted octanol–water partition coefficient (Wildman–Crippen LogP) is 1.90. The zero-order valence-electron chi connectivity index (χ0n) is 15.2. The van der Waals surface area contributed by atoms with Gasteiger partial charge in [-0.1, -0.05) is 25.3 Å². The van der Waals surface area contributed by atoms with E-state index in [1.807, 2.05) is 0 Å². The standard InChI is InChI=1S/C19H25NO6S/c21-17-8-4-5-14(11-17)19(23)26-12-18(22)20(15-6-2-1-3-7-15)16-9-10-27(24,25)13-16/h4-5,8,11,15-16,21H,1-3,6-7,9-10,12-13H2/t16-/m1/s1. The maximum absolute atomic E-state index is 12.8. The molecule has 1 N–H and O–H groups in total. The van der Waals surface area contributed by atoms with Crippen LogP contribution in [0.15, 0.2) is 24.3 Å². The monoisotopic (exact) mass is 395 g/mol. The van der Waals surface area contributed by atoms with E-state index in [0.717, 1.165) is 32.1 Å². The Labute approximate surface area is 159 Å². The maximum atomic E-state index is 12.8. The highest BCUT2D eigenvalue weighted by molar-refractivity contribution is 7.91. The number of nitrogens with zero attached hydrogens (tertiary/aromatic N) is 1. The first-order valence-electron chi connectivity index (χ1n) is 9.33. The Hall–Kier alpha value is -2.09. The molecule has 1 aliphatic carbocycles. The molecule has 1 atom stereocenters. The number of ether oxygens (including phenoxy) is 1. The topological polar surface area (TPSA) is 101 Å². The van der Waals surface area contributed by atoms with Crippen molar-refractivity contribution in [2.75, 3.05) is 18.1 Å². The highest BCUT2D eigenvalue weighted by Crippen LogP contribution is 2.28. The molecule has 27 heavy (non-hydrogen) atoms. The summed E-state index contributed by atoms with van der Waals surface area (Å²) < 4.78 is 28.9. The van der Waals surface area contributed by atoms with Gasteiger partial charge in [-0.2, -0.15) is 0 Å². The molecule has 1 heterocycles. The van der Waals surface area contributed by atoms with Crippen LogP contribution in [0.3, 0.4) is 0 Å². The van der Waals surface area contributed by atoms with Crippen molar-refractivity contribution < 1.29 is 27.9 Å². The van der Waals surface area contributed by atoms with Gasteiger partial charge in [-0.3, -0.25) is 4.79 Å². The first-order valence-corrected chi connectivity index (χ1v) is 11.2. The SMILES string of the molecule is O=C(OCC(=O)N(C1CCCCC1)[C@@H]1CCS(=O)(=O)C1)c1cccc(O)c1. The lowest BCUT2D eigenvalue weighted by atomic mass is 9.93. The zero-order chi connectivity index (χ0) is 19.4. The summed E-state index contributed by atoms with van der Waals surface area (Å²) in [6, 6.07) is 5.39. The molecule has 1 aromatic rings. The highest BCUT2D eigenvalue weighted by Gasteiger charge is 2.38. The molecule has 0 unspecified atom stereocenters. The van der Waals surface area contributed by atoms with E-state index in [1.54, 1.807) is 4.90 Å². The molecule has 0 spiro atoms. The number of carbonyl (C=O) groups is 2. The molecule has 8 heteroatoms. The van der Waals surface area contributed by atoms with Gasteiger partial charge in [0.25, 0.3) is 5.91 Å². The molecule has 7 nitrogen and oxygen atoms in total. The fourth-order valence-corrected chi connectivity index (χ4v) is 5.69. The Kier molecular flexibility index (Phi) is 6.04. The molecule has 1 aromatic carbocycles. The van der Waals surface area contributed by atoms with Gasteiger partial charge in [-0.25, -0.2) is 13.2 Å². The molecule has 1 amide bonds. The summed E-state index contributed by atoms with van der Waals surface area (Å²) in [5.41, 5.74) is 0.162. The van der Waals surface area contributed by atoms with Crippen LogP contribution >= 0.6 is 0 Å². The third-order valence-corrected chi connectivity index (χ3v) is 7.02. The van der Waals surface area contributed by atoms with E-state index in [9.17, 15) is 23.1 Å². The van der Waals surface area contributed by atoms with Crippen LogP contribution in [0.4, 0.5) is 0 Å². The van der Waals surface area contributed by atoms with Crippen molar-refractivity contribution in [2.45, 2.75) is 50.6 Å². The first-order chi connectivity index (χ1) is 12.9. The quantitative estimate of drug-likeness (QED) is 0.764. The summed E-state index contributed by atoms with van der Waals surface area (Å²) in [7, 11) is -3.12. The molecule has 0 aromatic heterocycles. The maximum Gasteiger partial charge on any atom is 0.338 e. The predicted molar refractivity (Wildman–Crippen MR) is 99.2 cm³/mol. The van der Waals surface area contributed by atoms with Crippen molar-refractivity contribution in [3.63, 3.8) is 0 Å². The summed E-state index contributed by atoms with van der Waals surface area (Å²) >= 11 is 0. The molecule has 0 bridgehead atoms. The third-order valence-electron chi connectivity index (χ3n) is 5.27. The number of hydrogen-bond acceptors (Lipinski definition) is 6. The van der Waals surface area contributed by atoms with E-state index in [1.165, 1.54) is 24.3 Å². The number of hydrogen-bond donors (Lipinski definition) is 1. The second-order valence-corrected chi connectivity index (χ2v) is 9.50. The van der Waals surface area contributed by atoms with Gasteiger partial charge in [0.05, 0.1) is 17.1 Å². The summed E-state index contributed by atoms with van der Waals surface area (Å²) in [6.07, 6.45) is 5.28. The number of amides is 1. The molecule has 1 saturated carbocycles. The number of esters is 1. The van der Waals surface area contributed by atoms with E-state index in [4.69, 9.17) is 4.74 Å². The number of phenols is 1. The van der Waals surface area contributed by atoms with Crippen molar-refractivity contribution >= 4 is 21.7 Å². The average Bonchev–Trinajstić information content (AvgIpc) is 3.00. The van der Waals surface area contributed by atoms with E-state index in [2.05, 4.69) is 0 Å². The van der Waals surface area contributed by atoms with Crippen molar-refractivity contribution in [1.82, 2.24) is 4.90 Å². The molecule has 3 rings (SSSR count). The Morgan fingerprint density at radius 1 is 1.11 bits per heavy atom. The largest absolute Gasteiger partial charge is 0.508 e. The Balaban J connectivity index is 1.68. The van der Waals surface area contributed by atoms with Gasteiger partial charge in [0.2, 0.25) is 0 Å². The number of aromatic hydroxyl groups is 1. The lowest BCUT2D eigenvalue weighted by Crippen LogP contribution is -2.50. The molecule has 0 radical (unpaired) electrons. The van der Waals surface area contributed by atoms with Crippen molar-refractivity contribution in [3.8, 4) is 5.75 Å². The van der Waals surface area contributed by atoms with Gasteiger partial charge < -0.3 is 14.7 Å². The minimum Gasteiger partial charge on any atom is -0.508 e. The minimum atomic E-state index is -3.12.